The van der Waals surface area contributed by atoms with Gasteiger partial charge in [-0.05, 0) is 48.0 Å². The molecule has 4 rings (SSSR count). The number of amides is 2. The van der Waals surface area contributed by atoms with Crippen LogP contribution in [0.25, 0.3) is 6.08 Å². The molecule has 0 atom stereocenters. The molecule has 0 saturated carbocycles. The molecule has 3 aromatic rings. The first-order valence-corrected chi connectivity index (χ1v) is 9.98. The molecule has 1 heterocycles. The van der Waals surface area contributed by atoms with Crippen molar-refractivity contribution in [2.75, 3.05) is 4.90 Å². The second-order valence-electron chi connectivity index (χ2n) is 6.44. The fraction of sp³-hybridized carbons (Fsp3) is 0. The molecule has 0 aromatic heterocycles. The number of carbonyl (C=O) groups is 2. The van der Waals surface area contributed by atoms with Gasteiger partial charge in [-0.2, -0.15) is 0 Å². The number of anilines is 1. The van der Waals surface area contributed by atoms with Gasteiger partial charge in [0.2, 0.25) is 5.96 Å². The van der Waals surface area contributed by atoms with Gasteiger partial charge in [-0.25, -0.2) is 9.89 Å². The summed E-state index contributed by atoms with van der Waals surface area (Å²) in [6.07, 6.45) is 1.71. The van der Waals surface area contributed by atoms with Crippen LogP contribution in [0.4, 0.5) is 5.69 Å². The van der Waals surface area contributed by atoms with E-state index in [-0.39, 0.29) is 23.5 Å². The van der Waals surface area contributed by atoms with Crippen molar-refractivity contribution in [1.29, 1.82) is 0 Å². The van der Waals surface area contributed by atoms with E-state index in [1.165, 1.54) is 4.90 Å². The molecule has 0 bridgehead atoms. The number of aliphatic imine (C=N–C) groups is 1. The zero-order valence-electron chi connectivity index (χ0n) is 15.7. The minimum Gasteiger partial charge on any atom is -0.267 e. The molecule has 1 aliphatic heterocycles. The Morgan fingerprint density at radius 2 is 1.53 bits per heavy atom. The molecule has 6 nitrogen and oxygen atoms in total. The zero-order chi connectivity index (χ0) is 20.9. The summed E-state index contributed by atoms with van der Waals surface area (Å²) in [5.41, 5.74) is 7.64. The lowest BCUT2D eigenvalue weighted by Crippen LogP contribution is -2.49. The maximum atomic E-state index is 13.1. The van der Waals surface area contributed by atoms with Gasteiger partial charge in [0.25, 0.3) is 11.8 Å². The molecule has 0 radical (unpaired) electrons. The lowest BCUT2D eigenvalue weighted by atomic mass is 10.2. The van der Waals surface area contributed by atoms with E-state index in [0.717, 1.165) is 10.0 Å². The Bertz CT molecular complexity index is 1130. The maximum absolute atomic E-state index is 13.1. The molecule has 1 aliphatic rings. The number of carbonyl (C=O) groups excluding carboxylic acids is 2. The van der Waals surface area contributed by atoms with Crippen LogP contribution in [0.2, 0.25) is 0 Å². The van der Waals surface area contributed by atoms with Gasteiger partial charge in [-0.3, -0.25) is 20.4 Å². The van der Waals surface area contributed by atoms with E-state index in [4.69, 9.17) is 0 Å². The number of hydrazine groups is 1. The number of halogens is 1. The predicted molar refractivity (Wildman–Crippen MR) is 121 cm³/mol. The van der Waals surface area contributed by atoms with Crippen LogP contribution in [0, 0.1) is 0 Å². The van der Waals surface area contributed by atoms with Crippen LogP contribution in [0.5, 0.6) is 0 Å². The number of benzene rings is 3. The summed E-state index contributed by atoms with van der Waals surface area (Å²) in [6.45, 7) is 0. The molecule has 0 aliphatic carbocycles. The third kappa shape index (κ3) is 4.31. The maximum Gasteiger partial charge on any atom is 0.283 e. The number of nitrogens with one attached hydrogen (secondary N) is 2. The van der Waals surface area contributed by atoms with Crippen molar-refractivity contribution in [1.82, 2.24) is 10.9 Å². The van der Waals surface area contributed by atoms with Gasteiger partial charge >= 0.3 is 0 Å². The molecule has 0 spiro atoms. The van der Waals surface area contributed by atoms with Crippen molar-refractivity contribution < 1.29 is 9.59 Å². The third-order valence-corrected chi connectivity index (χ3v) is 4.90. The zero-order valence-corrected chi connectivity index (χ0v) is 17.3. The van der Waals surface area contributed by atoms with E-state index >= 15 is 0 Å². The molecular formula is C23H17BrN4O2. The highest BCUT2D eigenvalue weighted by Gasteiger charge is 2.32. The molecule has 148 valence electrons. The number of hydrogen-bond acceptors (Lipinski definition) is 4. The van der Waals surface area contributed by atoms with Crippen molar-refractivity contribution >= 4 is 45.5 Å². The summed E-state index contributed by atoms with van der Waals surface area (Å²) < 4.78 is 0.878. The van der Waals surface area contributed by atoms with Gasteiger partial charge in [-0.1, -0.05) is 64.5 Å². The summed E-state index contributed by atoms with van der Waals surface area (Å²) in [7, 11) is 0. The molecule has 7 heteroatoms. The fourth-order valence-electron chi connectivity index (χ4n) is 2.91. The Labute approximate surface area is 182 Å². The monoisotopic (exact) mass is 460 g/mol. The largest absolute Gasteiger partial charge is 0.283 e. The molecule has 0 unspecified atom stereocenters. The Hall–Kier alpha value is -3.71. The summed E-state index contributed by atoms with van der Waals surface area (Å²) in [5.74, 6) is -0.407. The topological polar surface area (TPSA) is 73.8 Å². The van der Waals surface area contributed by atoms with Gasteiger partial charge in [-0.15, -0.1) is 0 Å². The minimum absolute atomic E-state index is 0.221. The van der Waals surface area contributed by atoms with Crippen LogP contribution in [0.3, 0.4) is 0 Å². The highest BCUT2D eigenvalue weighted by molar-refractivity contribution is 9.10. The number of para-hydroxylation sites is 1. The van der Waals surface area contributed by atoms with Gasteiger partial charge in [0, 0.05) is 10.0 Å². The van der Waals surface area contributed by atoms with Gasteiger partial charge in [0.1, 0.15) is 5.70 Å². The van der Waals surface area contributed by atoms with Crippen molar-refractivity contribution in [2.45, 2.75) is 0 Å². The first kappa shape index (κ1) is 19.6. The summed E-state index contributed by atoms with van der Waals surface area (Å²) in [4.78, 5) is 31.4. The van der Waals surface area contributed by atoms with Gasteiger partial charge < -0.3 is 0 Å². The van der Waals surface area contributed by atoms with E-state index in [0.29, 0.717) is 11.3 Å². The van der Waals surface area contributed by atoms with E-state index in [9.17, 15) is 9.59 Å². The second kappa shape index (κ2) is 8.75. The first-order valence-electron chi connectivity index (χ1n) is 9.19. The molecule has 3 aromatic carbocycles. The van der Waals surface area contributed by atoms with Crippen LogP contribution >= 0.6 is 15.9 Å². The first-order chi connectivity index (χ1) is 14.6. The Morgan fingerprint density at radius 1 is 0.900 bits per heavy atom. The predicted octanol–water partition coefficient (Wildman–Crippen LogP) is 4.13. The Kier molecular flexibility index (Phi) is 5.72. The Morgan fingerprint density at radius 3 is 2.20 bits per heavy atom. The molecule has 0 saturated heterocycles. The van der Waals surface area contributed by atoms with Crippen molar-refractivity contribution in [3.05, 3.63) is 106 Å². The fourth-order valence-corrected chi connectivity index (χ4v) is 3.17. The quantitative estimate of drug-likeness (QED) is 0.455. The molecular weight excluding hydrogens is 444 g/mol. The second-order valence-corrected chi connectivity index (χ2v) is 7.35. The average Bonchev–Trinajstić information content (AvgIpc) is 3.09. The highest BCUT2D eigenvalue weighted by Crippen LogP contribution is 2.24. The average molecular weight is 461 g/mol. The van der Waals surface area contributed by atoms with E-state index in [1.807, 2.05) is 48.5 Å². The van der Waals surface area contributed by atoms with Gasteiger partial charge in [0.05, 0.1) is 5.69 Å². The number of nitrogens with zero attached hydrogens (tertiary/aromatic N) is 2. The minimum atomic E-state index is -0.342. The number of rotatable bonds is 3. The van der Waals surface area contributed by atoms with Crippen molar-refractivity contribution in [3.8, 4) is 0 Å². The summed E-state index contributed by atoms with van der Waals surface area (Å²) >= 11 is 3.34. The Balaban J connectivity index is 1.60. The van der Waals surface area contributed by atoms with Crippen LogP contribution in [-0.4, -0.2) is 17.8 Å². The molecule has 2 N–H and O–H groups in total. The summed E-state index contributed by atoms with van der Waals surface area (Å²) in [6, 6.07) is 25.6. The van der Waals surface area contributed by atoms with Crippen molar-refractivity contribution in [3.63, 3.8) is 0 Å². The summed E-state index contributed by atoms with van der Waals surface area (Å²) in [5, 5.41) is 0. The third-order valence-electron chi connectivity index (χ3n) is 4.37. The highest BCUT2D eigenvalue weighted by atomic mass is 79.9. The lowest BCUT2D eigenvalue weighted by Gasteiger charge is -2.19. The molecule has 2 amide bonds. The van der Waals surface area contributed by atoms with Gasteiger partial charge in [0.15, 0.2) is 0 Å². The standard InChI is InChI=1S/C23H17BrN4O2/c24-18-13-11-17(12-14-18)21(29)26-27-23-25-20(15-16-7-3-1-4-8-16)22(30)28(23)19-9-5-2-6-10-19/h1-15H,(H,25,27)(H,26,29)/b20-15+. The SMILES string of the molecule is O=C(NNC1=N/C(=C/c2ccccc2)C(=O)N1c1ccccc1)c1ccc(Br)cc1. The lowest BCUT2D eigenvalue weighted by molar-refractivity contribution is -0.113. The van der Waals surface area contributed by atoms with E-state index in [2.05, 4.69) is 31.8 Å². The number of guanidine groups is 1. The van der Waals surface area contributed by atoms with Crippen LogP contribution in [-0.2, 0) is 4.79 Å². The van der Waals surface area contributed by atoms with E-state index in [1.54, 1.807) is 42.5 Å². The van der Waals surface area contributed by atoms with Crippen LogP contribution in [0.15, 0.2) is 100 Å². The smallest absolute Gasteiger partial charge is 0.267 e. The van der Waals surface area contributed by atoms with Crippen LogP contribution < -0.4 is 15.8 Å². The molecule has 0 fully saturated rings. The van der Waals surface area contributed by atoms with Crippen molar-refractivity contribution in [2.24, 2.45) is 4.99 Å². The normalized spacial score (nSPS) is 14.6. The molecule has 30 heavy (non-hydrogen) atoms. The van der Waals surface area contributed by atoms with E-state index < -0.39 is 0 Å². The van der Waals surface area contributed by atoms with Crippen LogP contribution in [0.1, 0.15) is 15.9 Å². The number of hydrogen-bond donors (Lipinski definition) is 2.